The molecule has 0 aromatic heterocycles. The number of hydrogen-bond acceptors (Lipinski definition) is 0. The van der Waals surface area contributed by atoms with Crippen LogP contribution in [0.4, 0.5) is 0 Å². The average molecular weight is 220 g/mol. The van der Waals surface area contributed by atoms with Crippen molar-refractivity contribution in [3.8, 4) is 11.1 Å². The summed E-state index contributed by atoms with van der Waals surface area (Å²) in [7, 11) is 0. The van der Waals surface area contributed by atoms with Gasteiger partial charge < -0.3 is 0 Å². The summed E-state index contributed by atoms with van der Waals surface area (Å²) >= 11 is 0. The van der Waals surface area contributed by atoms with E-state index in [4.69, 9.17) is 0 Å². The lowest BCUT2D eigenvalue weighted by Crippen LogP contribution is -1.92. The molecule has 17 heavy (non-hydrogen) atoms. The first kappa shape index (κ1) is 10.3. The fraction of sp³-hybridized carbons (Fsp3) is 0.176. The Bertz CT molecular complexity index is 591. The Morgan fingerprint density at radius 3 is 2.53 bits per heavy atom. The topological polar surface area (TPSA) is 0 Å². The van der Waals surface area contributed by atoms with Gasteiger partial charge >= 0.3 is 0 Å². The number of aryl methyl sites for hydroxylation is 1. The first-order valence-corrected chi connectivity index (χ1v) is 6.14. The molecule has 0 N–H and O–H groups in total. The van der Waals surface area contributed by atoms with E-state index in [1.165, 1.54) is 27.8 Å². The van der Waals surface area contributed by atoms with Crippen LogP contribution < -0.4 is 0 Å². The molecule has 0 heteroatoms. The summed E-state index contributed by atoms with van der Waals surface area (Å²) in [6.45, 7) is 4.44. The molecule has 0 heterocycles. The lowest BCUT2D eigenvalue weighted by atomic mass is 9.91. The molecule has 0 saturated carbocycles. The van der Waals surface area contributed by atoms with Gasteiger partial charge in [0, 0.05) is 0 Å². The second-order valence-corrected chi connectivity index (χ2v) is 4.77. The zero-order chi connectivity index (χ0) is 11.8. The van der Waals surface area contributed by atoms with E-state index in [0.717, 1.165) is 0 Å². The van der Waals surface area contributed by atoms with Gasteiger partial charge in [0.15, 0.2) is 0 Å². The van der Waals surface area contributed by atoms with Crippen molar-refractivity contribution in [1.82, 2.24) is 0 Å². The van der Waals surface area contributed by atoms with Gasteiger partial charge in [-0.3, -0.25) is 0 Å². The van der Waals surface area contributed by atoms with E-state index in [9.17, 15) is 0 Å². The van der Waals surface area contributed by atoms with Crippen LogP contribution in [0.3, 0.4) is 0 Å². The van der Waals surface area contributed by atoms with E-state index in [1.807, 2.05) is 0 Å². The van der Waals surface area contributed by atoms with Crippen molar-refractivity contribution in [2.75, 3.05) is 0 Å². The Morgan fingerprint density at radius 1 is 0.882 bits per heavy atom. The predicted octanol–water partition coefficient (Wildman–Crippen LogP) is 4.79. The molecule has 2 aromatic carbocycles. The summed E-state index contributed by atoms with van der Waals surface area (Å²) in [6, 6.07) is 15.3. The fourth-order valence-electron chi connectivity index (χ4n) is 2.62. The van der Waals surface area contributed by atoms with Crippen molar-refractivity contribution >= 4 is 6.08 Å². The first-order chi connectivity index (χ1) is 8.27. The van der Waals surface area contributed by atoms with Crippen molar-refractivity contribution in [3.63, 3.8) is 0 Å². The number of rotatable bonds is 0. The molecule has 2 aromatic rings. The van der Waals surface area contributed by atoms with Crippen LogP contribution in [-0.2, 0) is 0 Å². The van der Waals surface area contributed by atoms with Crippen molar-refractivity contribution < 1.29 is 0 Å². The van der Waals surface area contributed by atoms with Crippen molar-refractivity contribution in [2.24, 2.45) is 0 Å². The number of fused-ring (bicyclic) bond motifs is 3. The third-order valence-electron chi connectivity index (χ3n) is 3.62. The molecule has 0 aliphatic heterocycles. The maximum atomic E-state index is 2.30. The van der Waals surface area contributed by atoms with Crippen LogP contribution in [0.5, 0.6) is 0 Å². The van der Waals surface area contributed by atoms with Gasteiger partial charge in [0.2, 0.25) is 0 Å². The molecule has 0 amide bonds. The summed E-state index contributed by atoms with van der Waals surface area (Å²) in [5, 5.41) is 0. The van der Waals surface area contributed by atoms with Gasteiger partial charge in [0.1, 0.15) is 0 Å². The minimum atomic E-state index is 0.484. The van der Waals surface area contributed by atoms with E-state index >= 15 is 0 Å². The van der Waals surface area contributed by atoms with Gasteiger partial charge in [-0.15, -0.1) is 0 Å². The Morgan fingerprint density at radius 2 is 1.65 bits per heavy atom. The largest absolute Gasteiger partial charge is 0.0766 e. The molecule has 0 saturated heterocycles. The Balaban J connectivity index is 2.37. The molecule has 0 fully saturated rings. The highest BCUT2D eigenvalue weighted by Crippen LogP contribution is 2.37. The van der Waals surface area contributed by atoms with Crippen molar-refractivity contribution in [3.05, 3.63) is 65.2 Å². The van der Waals surface area contributed by atoms with Gasteiger partial charge in [0.25, 0.3) is 0 Å². The van der Waals surface area contributed by atoms with Crippen molar-refractivity contribution in [1.29, 1.82) is 0 Å². The summed E-state index contributed by atoms with van der Waals surface area (Å²) in [5.74, 6) is 0.484. The fourth-order valence-corrected chi connectivity index (χ4v) is 2.62. The third-order valence-corrected chi connectivity index (χ3v) is 3.62. The summed E-state index contributed by atoms with van der Waals surface area (Å²) in [5.41, 5.74) is 6.88. The van der Waals surface area contributed by atoms with Gasteiger partial charge in [-0.2, -0.15) is 0 Å². The number of allylic oxidation sites excluding steroid dienone is 1. The Labute approximate surface area is 103 Å². The van der Waals surface area contributed by atoms with Crippen molar-refractivity contribution in [2.45, 2.75) is 19.8 Å². The average Bonchev–Trinajstić information content (AvgIpc) is 2.50. The summed E-state index contributed by atoms with van der Waals surface area (Å²) < 4.78 is 0. The second kappa shape index (κ2) is 3.89. The lowest BCUT2D eigenvalue weighted by Gasteiger charge is -2.12. The molecule has 0 spiro atoms. The first-order valence-electron chi connectivity index (χ1n) is 6.14. The smallest absolute Gasteiger partial charge is 0.0000947 e. The van der Waals surface area contributed by atoms with E-state index in [0.29, 0.717) is 5.92 Å². The molecular formula is C17H16. The van der Waals surface area contributed by atoms with Gasteiger partial charge in [-0.25, -0.2) is 0 Å². The standard InChI is InChI=1S/C17H16/c1-12-6-5-9-17-15(12)11-10-13(2)14-7-3-4-8-16(14)17/h3-11,13H,1-2H3. The van der Waals surface area contributed by atoms with Crippen LogP contribution in [0.2, 0.25) is 0 Å². The highest BCUT2D eigenvalue weighted by atomic mass is 14.2. The van der Waals surface area contributed by atoms with Gasteiger partial charge in [-0.05, 0) is 40.7 Å². The highest BCUT2D eigenvalue weighted by Gasteiger charge is 2.15. The zero-order valence-electron chi connectivity index (χ0n) is 10.3. The maximum absolute atomic E-state index is 2.30. The lowest BCUT2D eigenvalue weighted by molar-refractivity contribution is 0.979. The molecular weight excluding hydrogens is 204 g/mol. The van der Waals surface area contributed by atoms with Crippen LogP contribution >= 0.6 is 0 Å². The Hall–Kier alpha value is -1.82. The molecule has 0 bridgehead atoms. The van der Waals surface area contributed by atoms with Gasteiger partial charge in [-0.1, -0.05) is 61.5 Å². The number of hydrogen-bond donors (Lipinski definition) is 0. The zero-order valence-corrected chi connectivity index (χ0v) is 10.3. The van der Waals surface area contributed by atoms with Crippen LogP contribution in [-0.4, -0.2) is 0 Å². The molecule has 1 aliphatic carbocycles. The molecule has 3 rings (SSSR count). The molecule has 1 unspecified atom stereocenters. The maximum Gasteiger partial charge on any atom is -0.0000947 e. The summed E-state index contributed by atoms with van der Waals surface area (Å²) in [6.07, 6.45) is 4.58. The van der Waals surface area contributed by atoms with E-state index in [-0.39, 0.29) is 0 Å². The van der Waals surface area contributed by atoms with Crippen LogP contribution in [0.25, 0.3) is 17.2 Å². The molecule has 0 nitrogen and oxygen atoms in total. The molecule has 1 atom stereocenters. The number of benzene rings is 2. The summed E-state index contributed by atoms with van der Waals surface area (Å²) in [4.78, 5) is 0. The van der Waals surface area contributed by atoms with Crippen LogP contribution in [0, 0.1) is 6.92 Å². The predicted molar refractivity (Wildman–Crippen MR) is 74.1 cm³/mol. The van der Waals surface area contributed by atoms with E-state index < -0.39 is 0 Å². The minimum absolute atomic E-state index is 0.484. The van der Waals surface area contributed by atoms with Crippen LogP contribution in [0.1, 0.15) is 29.5 Å². The minimum Gasteiger partial charge on any atom is -0.0766 e. The Kier molecular flexibility index (Phi) is 2.36. The third kappa shape index (κ3) is 1.61. The SMILES string of the molecule is Cc1cccc2c1C=CC(C)c1ccccc1-2. The van der Waals surface area contributed by atoms with Gasteiger partial charge in [0.05, 0.1) is 0 Å². The monoisotopic (exact) mass is 220 g/mol. The molecule has 84 valence electrons. The van der Waals surface area contributed by atoms with E-state index in [1.54, 1.807) is 0 Å². The molecule has 0 radical (unpaired) electrons. The second-order valence-electron chi connectivity index (χ2n) is 4.77. The quantitative estimate of drug-likeness (QED) is 0.598. The molecule has 1 aliphatic rings. The highest BCUT2D eigenvalue weighted by molar-refractivity contribution is 5.81. The normalized spacial score (nSPS) is 17.2. The van der Waals surface area contributed by atoms with Crippen LogP contribution in [0.15, 0.2) is 48.5 Å². The van der Waals surface area contributed by atoms with E-state index in [2.05, 4.69) is 68.5 Å².